The number of thioether (sulfide) groups is 1. The molecular weight excluding hydrogens is 304 g/mol. The average molecular weight is 329 g/mol. The molecule has 4 nitrogen and oxygen atoms in total. The fraction of sp³-hybridized carbons (Fsp3) is 0.600. The van der Waals surface area contributed by atoms with Crippen LogP contribution in [0.3, 0.4) is 0 Å². The predicted octanol–water partition coefficient (Wildman–Crippen LogP) is 1.74. The van der Waals surface area contributed by atoms with E-state index in [1.54, 1.807) is 24.3 Å². The van der Waals surface area contributed by atoms with Gasteiger partial charge in [0.2, 0.25) is 0 Å². The second kappa shape index (κ2) is 7.13. The number of benzene rings is 1. The van der Waals surface area contributed by atoms with Gasteiger partial charge in [-0.1, -0.05) is 26.0 Å². The highest BCUT2D eigenvalue weighted by atomic mass is 32.2. The van der Waals surface area contributed by atoms with Gasteiger partial charge in [-0.15, -0.1) is 0 Å². The zero-order valence-electron chi connectivity index (χ0n) is 12.7. The normalized spacial score (nSPS) is 24.1. The molecule has 1 saturated heterocycles. The molecule has 1 aliphatic rings. The van der Waals surface area contributed by atoms with Crippen molar-refractivity contribution in [3.8, 4) is 0 Å². The first-order chi connectivity index (χ1) is 9.90. The first-order valence-electron chi connectivity index (χ1n) is 7.30. The molecule has 0 bridgehead atoms. The lowest BCUT2D eigenvalue weighted by molar-refractivity contribution is 0.286. The zero-order chi connectivity index (χ0) is 15.5. The molecule has 6 heteroatoms. The summed E-state index contributed by atoms with van der Waals surface area (Å²) in [6.07, 6.45) is 0. The minimum atomic E-state index is -3.21. The first kappa shape index (κ1) is 16.8. The van der Waals surface area contributed by atoms with Crippen LogP contribution in [0.2, 0.25) is 0 Å². The third-order valence-electron chi connectivity index (χ3n) is 3.69. The second-order valence-electron chi connectivity index (χ2n) is 5.68. The molecule has 0 amide bonds. The maximum atomic E-state index is 12.4. The minimum Gasteiger partial charge on any atom is -0.326 e. The lowest BCUT2D eigenvalue weighted by Crippen LogP contribution is -2.42. The van der Waals surface area contributed by atoms with E-state index >= 15 is 0 Å². The van der Waals surface area contributed by atoms with Crippen molar-refractivity contribution in [3.05, 3.63) is 29.8 Å². The summed E-state index contributed by atoms with van der Waals surface area (Å²) in [5.74, 6) is 0.180. The Morgan fingerprint density at radius 2 is 1.76 bits per heavy atom. The molecule has 0 saturated carbocycles. The zero-order valence-corrected chi connectivity index (χ0v) is 14.3. The summed E-state index contributed by atoms with van der Waals surface area (Å²) < 4.78 is 24.7. The fourth-order valence-electron chi connectivity index (χ4n) is 2.67. The van der Waals surface area contributed by atoms with E-state index in [2.05, 4.69) is 18.7 Å². The molecular formula is C15H24N2O2S2. The molecule has 1 aromatic rings. The molecule has 1 aromatic carbocycles. The van der Waals surface area contributed by atoms with Gasteiger partial charge >= 0.3 is 0 Å². The first-order valence-corrected chi connectivity index (χ1v) is 9.90. The highest BCUT2D eigenvalue weighted by Crippen LogP contribution is 2.24. The van der Waals surface area contributed by atoms with E-state index in [-0.39, 0.29) is 5.75 Å². The maximum Gasteiger partial charge on any atom is 0.179 e. The van der Waals surface area contributed by atoms with Gasteiger partial charge in [-0.3, -0.25) is 0 Å². The Balaban J connectivity index is 1.97. The summed E-state index contributed by atoms with van der Waals surface area (Å²) >= 11 is 1.98. The van der Waals surface area contributed by atoms with E-state index < -0.39 is 9.84 Å². The molecule has 0 radical (unpaired) electrons. The molecule has 2 unspecified atom stereocenters. The van der Waals surface area contributed by atoms with E-state index in [9.17, 15) is 8.42 Å². The van der Waals surface area contributed by atoms with Gasteiger partial charge < -0.3 is 10.6 Å². The summed E-state index contributed by atoms with van der Waals surface area (Å²) in [7, 11) is -3.21. The largest absolute Gasteiger partial charge is 0.326 e. The van der Waals surface area contributed by atoms with Crippen molar-refractivity contribution < 1.29 is 8.42 Å². The Labute approximate surface area is 132 Å². The highest BCUT2D eigenvalue weighted by Gasteiger charge is 2.24. The van der Waals surface area contributed by atoms with Crippen LogP contribution < -0.4 is 5.73 Å². The monoisotopic (exact) mass is 328 g/mol. The summed E-state index contributed by atoms with van der Waals surface area (Å²) in [5, 5.41) is 1.14. The summed E-state index contributed by atoms with van der Waals surface area (Å²) in [4.78, 5) is 2.66. The van der Waals surface area contributed by atoms with Gasteiger partial charge in [-0.25, -0.2) is 8.42 Å². The Bertz CT molecular complexity index is 548. The number of hydrogen-bond acceptors (Lipinski definition) is 5. The Morgan fingerprint density at radius 1 is 1.19 bits per heavy atom. The van der Waals surface area contributed by atoms with Crippen LogP contribution in [0.1, 0.15) is 19.4 Å². The Kier molecular flexibility index (Phi) is 5.71. The summed E-state index contributed by atoms with van der Waals surface area (Å²) in [6, 6.07) is 6.90. The molecule has 21 heavy (non-hydrogen) atoms. The van der Waals surface area contributed by atoms with Crippen LogP contribution in [-0.4, -0.2) is 49.2 Å². The van der Waals surface area contributed by atoms with Crippen molar-refractivity contribution in [2.45, 2.75) is 35.8 Å². The van der Waals surface area contributed by atoms with Gasteiger partial charge in [-0.05, 0) is 17.7 Å². The van der Waals surface area contributed by atoms with E-state index in [4.69, 9.17) is 5.73 Å². The van der Waals surface area contributed by atoms with E-state index in [0.717, 1.165) is 18.7 Å². The smallest absolute Gasteiger partial charge is 0.179 e. The van der Waals surface area contributed by atoms with Crippen molar-refractivity contribution in [1.82, 2.24) is 4.90 Å². The van der Waals surface area contributed by atoms with Crippen LogP contribution in [0.5, 0.6) is 0 Å². The molecule has 118 valence electrons. The number of hydrogen-bond donors (Lipinski definition) is 1. The lowest BCUT2D eigenvalue weighted by Gasteiger charge is -2.34. The third kappa shape index (κ3) is 4.71. The van der Waals surface area contributed by atoms with Gasteiger partial charge in [0, 0.05) is 36.7 Å². The number of nitrogens with zero attached hydrogens (tertiary/aromatic N) is 1. The van der Waals surface area contributed by atoms with Crippen molar-refractivity contribution >= 4 is 21.6 Å². The van der Waals surface area contributed by atoms with Crippen LogP contribution in [0, 0.1) is 0 Å². The predicted molar refractivity (Wildman–Crippen MR) is 89.3 cm³/mol. The van der Waals surface area contributed by atoms with E-state index in [0.29, 0.717) is 28.5 Å². The molecule has 1 aliphatic heterocycles. The molecule has 1 fully saturated rings. The van der Waals surface area contributed by atoms with Crippen LogP contribution in [0.15, 0.2) is 29.2 Å². The van der Waals surface area contributed by atoms with Gasteiger partial charge in [-0.2, -0.15) is 11.8 Å². The molecule has 1 heterocycles. The van der Waals surface area contributed by atoms with E-state index in [1.807, 2.05) is 11.8 Å². The summed E-state index contributed by atoms with van der Waals surface area (Å²) in [5.41, 5.74) is 6.48. The number of sulfone groups is 1. The summed E-state index contributed by atoms with van der Waals surface area (Å²) in [6.45, 7) is 7.38. The Hall–Kier alpha value is -0.560. The topological polar surface area (TPSA) is 63.4 Å². The molecule has 0 aliphatic carbocycles. The molecule has 2 rings (SSSR count). The van der Waals surface area contributed by atoms with Gasteiger partial charge in [0.15, 0.2) is 9.84 Å². The van der Waals surface area contributed by atoms with Crippen LogP contribution in [0.4, 0.5) is 0 Å². The lowest BCUT2D eigenvalue weighted by atomic mass is 10.2. The Morgan fingerprint density at radius 3 is 2.29 bits per heavy atom. The average Bonchev–Trinajstić information content (AvgIpc) is 2.44. The molecule has 0 aromatic heterocycles. The number of nitrogens with two attached hydrogens (primary N) is 1. The van der Waals surface area contributed by atoms with Crippen LogP contribution >= 0.6 is 11.8 Å². The number of rotatable bonds is 5. The van der Waals surface area contributed by atoms with Gasteiger partial charge in [0.05, 0.1) is 10.6 Å². The molecule has 2 N–H and O–H groups in total. The maximum absolute atomic E-state index is 12.4. The van der Waals surface area contributed by atoms with Gasteiger partial charge in [0.1, 0.15) is 0 Å². The van der Waals surface area contributed by atoms with Crippen molar-refractivity contribution in [1.29, 1.82) is 0 Å². The SMILES string of the molecule is CC1CN(CCS(=O)(=O)c2ccc(CN)cc2)CC(C)S1. The fourth-order valence-corrected chi connectivity index (χ4v) is 5.34. The third-order valence-corrected chi connectivity index (χ3v) is 6.63. The van der Waals surface area contributed by atoms with E-state index in [1.165, 1.54) is 0 Å². The van der Waals surface area contributed by atoms with Gasteiger partial charge in [0.25, 0.3) is 0 Å². The quantitative estimate of drug-likeness (QED) is 0.892. The molecule has 2 atom stereocenters. The van der Waals surface area contributed by atoms with Crippen molar-refractivity contribution in [2.24, 2.45) is 5.73 Å². The minimum absolute atomic E-state index is 0.180. The van der Waals surface area contributed by atoms with Crippen LogP contribution in [-0.2, 0) is 16.4 Å². The second-order valence-corrected chi connectivity index (χ2v) is 9.67. The van der Waals surface area contributed by atoms with Crippen LogP contribution in [0.25, 0.3) is 0 Å². The standard InChI is InChI=1S/C15H24N2O2S2/c1-12-10-17(11-13(2)20-12)7-8-21(18,19)15-5-3-14(9-16)4-6-15/h3-6,12-13H,7-11,16H2,1-2H3. The van der Waals surface area contributed by atoms with Crippen molar-refractivity contribution in [3.63, 3.8) is 0 Å². The molecule has 0 spiro atoms. The highest BCUT2D eigenvalue weighted by molar-refractivity contribution is 8.00. The van der Waals surface area contributed by atoms with Crippen molar-refractivity contribution in [2.75, 3.05) is 25.4 Å².